The summed E-state index contributed by atoms with van der Waals surface area (Å²) in [6.07, 6.45) is -0.528. The van der Waals surface area contributed by atoms with E-state index >= 15 is 0 Å². The maximum absolute atomic E-state index is 11.6. The number of epoxide rings is 1. The molecule has 1 N–H and O–H groups in total. The van der Waals surface area contributed by atoms with Gasteiger partial charge < -0.3 is 19.3 Å². The highest BCUT2D eigenvalue weighted by atomic mass is 16.6. The van der Waals surface area contributed by atoms with Gasteiger partial charge in [-0.1, -0.05) is 0 Å². The Hall–Kier alpha value is -1.59. The van der Waals surface area contributed by atoms with Gasteiger partial charge in [-0.05, 0) is 26.8 Å². The molecule has 0 aromatic heterocycles. The standard InChI is InChI=1S/C15H18O5/c1-4-18-13-10-5-9(8(2)16)11(17)6-12(10)20-14(13)15(3)7-19-15/h5-6,13-14,17H,4,7H2,1-3H3/t13-,14-,15+/m1/s1. The number of carbonyl (C=O) groups excluding carboxylic acids is 1. The maximum Gasteiger partial charge on any atom is 0.163 e. The number of ketones is 1. The van der Waals surface area contributed by atoms with E-state index in [1.165, 1.54) is 13.0 Å². The zero-order valence-corrected chi connectivity index (χ0v) is 11.8. The molecule has 1 aromatic carbocycles. The molecule has 2 heterocycles. The molecule has 2 aliphatic heterocycles. The number of phenols is 1. The van der Waals surface area contributed by atoms with E-state index in [9.17, 15) is 9.90 Å². The molecule has 0 amide bonds. The molecule has 0 bridgehead atoms. The van der Waals surface area contributed by atoms with Gasteiger partial charge in [-0.15, -0.1) is 0 Å². The molecule has 20 heavy (non-hydrogen) atoms. The van der Waals surface area contributed by atoms with Crippen LogP contribution in [-0.2, 0) is 9.47 Å². The fourth-order valence-corrected chi connectivity index (χ4v) is 2.63. The van der Waals surface area contributed by atoms with Crippen molar-refractivity contribution in [3.05, 3.63) is 23.3 Å². The Morgan fingerprint density at radius 3 is 2.80 bits per heavy atom. The molecule has 1 fully saturated rings. The molecule has 0 aliphatic carbocycles. The first-order chi connectivity index (χ1) is 9.46. The number of rotatable bonds is 4. The molecule has 1 saturated heterocycles. The third kappa shape index (κ3) is 1.98. The summed E-state index contributed by atoms with van der Waals surface area (Å²) in [5.74, 6) is 0.319. The lowest BCUT2D eigenvalue weighted by Crippen LogP contribution is -2.35. The Labute approximate surface area is 117 Å². The molecule has 3 atom stereocenters. The highest BCUT2D eigenvalue weighted by Crippen LogP contribution is 2.49. The average Bonchev–Trinajstić information content (AvgIpc) is 3.03. The van der Waals surface area contributed by atoms with Gasteiger partial charge in [0.25, 0.3) is 0 Å². The lowest BCUT2D eigenvalue weighted by molar-refractivity contribution is -0.0297. The van der Waals surface area contributed by atoms with Crippen molar-refractivity contribution in [1.29, 1.82) is 0 Å². The summed E-state index contributed by atoms with van der Waals surface area (Å²) in [7, 11) is 0. The summed E-state index contributed by atoms with van der Waals surface area (Å²) in [5.41, 5.74) is 0.737. The van der Waals surface area contributed by atoms with Gasteiger partial charge in [0, 0.05) is 18.2 Å². The van der Waals surface area contributed by atoms with Crippen LogP contribution in [0, 0.1) is 0 Å². The van der Waals surface area contributed by atoms with E-state index in [1.54, 1.807) is 6.07 Å². The molecular formula is C15H18O5. The summed E-state index contributed by atoms with van der Waals surface area (Å²) < 4.78 is 17.1. The number of carbonyl (C=O) groups is 1. The molecule has 2 aliphatic rings. The largest absolute Gasteiger partial charge is 0.507 e. The number of Topliss-reactive ketones (excluding diaryl/α,β-unsaturated/α-hetero) is 1. The van der Waals surface area contributed by atoms with Crippen molar-refractivity contribution in [3.63, 3.8) is 0 Å². The Morgan fingerprint density at radius 1 is 1.55 bits per heavy atom. The van der Waals surface area contributed by atoms with Crippen LogP contribution in [0.4, 0.5) is 0 Å². The molecule has 0 unspecified atom stereocenters. The number of hydrogen-bond donors (Lipinski definition) is 1. The summed E-state index contributed by atoms with van der Waals surface area (Å²) in [4.78, 5) is 11.6. The zero-order valence-electron chi connectivity index (χ0n) is 11.8. The smallest absolute Gasteiger partial charge is 0.163 e. The van der Waals surface area contributed by atoms with Gasteiger partial charge in [-0.2, -0.15) is 0 Å². The molecule has 5 nitrogen and oxygen atoms in total. The molecule has 3 rings (SSSR count). The Kier molecular flexibility index (Phi) is 2.99. The van der Waals surface area contributed by atoms with Gasteiger partial charge in [0.15, 0.2) is 11.9 Å². The van der Waals surface area contributed by atoms with Crippen molar-refractivity contribution in [2.45, 2.75) is 38.6 Å². The van der Waals surface area contributed by atoms with E-state index in [0.717, 1.165) is 5.56 Å². The highest BCUT2D eigenvalue weighted by molar-refractivity contribution is 5.97. The summed E-state index contributed by atoms with van der Waals surface area (Å²) in [6, 6.07) is 3.16. The van der Waals surface area contributed by atoms with Crippen molar-refractivity contribution < 1.29 is 24.1 Å². The molecule has 0 spiro atoms. The van der Waals surface area contributed by atoms with Gasteiger partial charge in [-0.3, -0.25) is 4.79 Å². The Balaban J connectivity index is 2.03. The van der Waals surface area contributed by atoms with Crippen LogP contribution in [0.15, 0.2) is 12.1 Å². The van der Waals surface area contributed by atoms with Crippen molar-refractivity contribution >= 4 is 5.78 Å². The lowest BCUT2D eigenvalue weighted by Gasteiger charge is -2.22. The van der Waals surface area contributed by atoms with Crippen LogP contribution in [0.5, 0.6) is 11.5 Å². The molecular weight excluding hydrogens is 260 g/mol. The molecule has 5 heteroatoms. The van der Waals surface area contributed by atoms with E-state index in [0.29, 0.717) is 24.5 Å². The van der Waals surface area contributed by atoms with Gasteiger partial charge in [0.05, 0.1) is 12.2 Å². The van der Waals surface area contributed by atoms with Gasteiger partial charge in [-0.25, -0.2) is 0 Å². The molecule has 0 radical (unpaired) electrons. The van der Waals surface area contributed by atoms with E-state index in [-0.39, 0.29) is 29.3 Å². The minimum atomic E-state index is -0.356. The van der Waals surface area contributed by atoms with Crippen LogP contribution < -0.4 is 4.74 Å². The monoisotopic (exact) mass is 278 g/mol. The number of fused-ring (bicyclic) bond motifs is 1. The predicted octanol–water partition coefficient (Wildman–Crippen LogP) is 2.22. The van der Waals surface area contributed by atoms with Crippen LogP contribution in [-0.4, -0.2) is 35.8 Å². The number of hydrogen-bond acceptors (Lipinski definition) is 5. The second kappa shape index (κ2) is 4.46. The SMILES string of the molecule is CCO[C@@H]1c2cc(C(C)=O)c(O)cc2O[C@H]1[C@]1(C)CO1. The van der Waals surface area contributed by atoms with Crippen molar-refractivity contribution in [3.8, 4) is 11.5 Å². The first kappa shape index (κ1) is 13.4. The normalized spacial score (nSPS) is 30.8. The van der Waals surface area contributed by atoms with Crippen molar-refractivity contribution in [1.82, 2.24) is 0 Å². The third-order valence-electron chi connectivity index (χ3n) is 3.89. The van der Waals surface area contributed by atoms with E-state index < -0.39 is 0 Å². The van der Waals surface area contributed by atoms with Gasteiger partial charge >= 0.3 is 0 Å². The molecule has 1 aromatic rings. The first-order valence-electron chi connectivity index (χ1n) is 6.76. The van der Waals surface area contributed by atoms with Gasteiger partial charge in [0.1, 0.15) is 23.2 Å². The van der Waals surface area contributed by atoms with Crippen LogP contribution in [0.1, 0.15) is 42.8 Å². The lowest BCUT2D eigenvalue weighted by atomic mass is 9.95. The highest BCUT2D eigenvalue weighted by Gasteiger charge is 2.56. The number of ether oxygens (including phenoxy) is 3. The molecule has 0 saturated carbocycles. The fraction of sp³-hybridized carbons (Fsp3) is 0.533. The summed E-state index contributed by atoms with van der Waals surface area (Å²) >= 11 is 0. The molecule has 108 valence electrons. The Bertz CT molecular complexity index is 562. The number of benzene rings is 1. The summed E-state index contributed by atoms with van der Waals surface area (Å²) in [5, 5.41) is 9.89. The van der Waals surface area contributed by atoms with E-state index in [1.807, 2.05) is 13.8 Å². The van der Waals surface area contributed by atoms with Crippen LogP contribution in [0.25, 0.3) is 0 Å². The number of aromatic hydroxyl groups is 1. The van der Waals surface area contributed by atoms with Crippen LogP contribution in [0.2, 0.25) is 0 Å². The van der Waals surface area contributed by atoms with Crippen LogP contribution in [0.3, 0.4) is 0 Å². The predicted molar refractivity (Wildman–Crippen MR) is 71.3 cm³/mol. The topological polar surface area (TPSA) is 68.3 Å². The van der Waals surface area contributed by atoms with Crippen molar-refractivity contribution in [2.75, 3.05) is 13.2 Å². The third-order valence-corrected chi connectivity index (χ3v) is 3.89. The first-order valence-corrected chi connectivity index (χ1v) is 6.76. The van der Waals surface area contributed by atoms with Gasteiger partial charge in [0.2, 0.25) is 0 Å². The minimum absolute atomic E-state index is 0.0611. The van der Waals surface area contributed by atoms with E-state index in [2.05, 4.69) is 0 Å². The quantitative estimate of drug-likeness (QED) is 0.675. The minimum Gasteiger partial charge on any atom is -0.507 e. The average molecular weight is 278 g/mol. The maximum atomic E-state index is 11.6. The van der Waals surface area contributed by atoms with Crippen molar-refractivity contribution in [2.24, 2.45) is 0 Å². The number of phenolic OH excluding ortho intramolecular Hbond substituents is 1. The van der Waals surface area contributed by atoms with Crippen LogP contribution >= 0.6 is 0 Å². The zero-order chi connectivity index (χ0) is 14.5. The second-order valence-electron chi connectivity index (χ2n) is 5.48. The Morgan fingerprint density at radius 2 is 2.25 bits per heavy atom. The fourth-order valence-electron chi connectivity index (χ4n) is 2.63. The second-order valence-corrected chi connectivity index (χ2v) is 5.48. The summed E-state index contributed by atoms with van der Waals surface area (Å²) in [6.45, 7) is 6.48. The van der Waals surface area contributed by atoms with E-state index in [4.69, 9.17) is 14.2 Å².